The number of nitrogens with zero attached hydrogens (tertiary/aromatic N) is 2. The number of hydrogen-bond acceptors (Lipinski definition) is 4. The smallest absolute Gasteiger partial charge is 0.270 e. The molecule has 2 rings (SSSR count). The van der Waals surface area contributed by atoms with Crippen LogP contribution in [0.2, 0.25) is 0 Å². The van der Waals surface area contributed by atoms with Crippen LogP contribution >= 0.6 is 11.8 Å². The minimum atomic E-state index is -0.406. The Hall–Kier alpha value is -2.15. The molecule has 0 aliphatic rings. The first-order chi connectivity index (χ1) is 9.06. The zero-order valence-corrected chi connectivity index (χ0v) is 10.7. The molecule has 0 spiro atoms. The van der Waals surface area contributed by atoms with Crippen molar-refractivity contribution in [2.75, 3.05) is 0 Å². The van der Waals surface area contributed by atoms with E-state index in [1.807, 2.05) is 0 Å². The summed E-state index contributed by atoms with van der Waals surface area (Å²) in [5.74, 6) is -0.379. The largest absolute Gasteiger partial charge is 0.859 e. The highest BCUT2D eigenvalue weighted by atomic mass is 32.2. The second-order valence-corrected chi connectivity index (χ2v) is 4.67. The summed E-state index contributed by atoms with van der Waals surface area (Å²) in [6, 6.07) is 5.77. The SMILES string of the molecule is NC(=[NH2+])c1ccc(CSc2nccc([O-])n2)c(F)c1. The van der Waals surface area contributed by atoms with Gasteiger partial charge in [-0.2, -0.15) is 0 Å². The van der Waals surface area contributed by atoms with Crippen LogP contribution in [-0.2, 0) is 5.75 Å². The van der Waals surface area contributed by atoms with Crippen LogP contribution in [0, 0.1) is 5.82 Å². The van der Waals surface area contributed by atoms with Crippen LogP contribution in [0.5, 0.6) is 5.88 Å². The molecule has 0 aliphatic heterocycles. The molecule has 1 aromatic heterocycles. The number of thioether (sulfide) groups is 1. The number of aromatic nitrogens is 2. The molecule has 0 amide bonds. The Morgan fingerprint density at radius 1 is 1.42 bits per heavy atom. The Kier molecular flexibility index (Phi) is 3.96. The normalized spacial score (nSPS) is 10.4. The third kappa shape index (κ3) is 3.41. The molecule has 0 fully saturated rings. The summed E-state index contributed by atoms with van der Waals surface area (Å²) in [6.45, 7) is 0. The predicted molar refractivity (Wildman–Crippen MR) is 67.7 cm³/mol. The zero-order valence-electron chi connectivity index (χ0n) is 9.84. The van der Waals surface area contributed by atoms with Crippen LogP contribution in [0.25, 0.3) is 0 Å². The van der Waals surface area contributed by atoms with Gasteiger partial charge in [-0.25, -0.2) is 14.4 Å². The van der Waals surface area contributed by atoms with Gasteiger partial charge in [0, 0.05) is 11.9 Å². The van der Waals surface area contributed by atoms with Crippen molar-refractivity contribution < 1.29 is 14.9 Å². The van der Waals surface area contributed by atoms with Crippen LogP contribution in [0.4, 0.5) is 4.39 Å². The van der Waals surface area contributed by atoms with E-state index in [-0.39, 0.29) is 11.7 Å². The van der Waals surface area contributed by atoms with Crippen LogP contribution in [-0.4, -0.2) is 15.8 Å². The molecule has 2 aromatic rings. The molecule has 0 saturated heterocycles. The molecule has 0 unspecified atom stereocenters. The molecule has 0 radical (unpaired) electrons. The van der Waals surface area contributed by atoms with Crippen LogP contribution in [0.15, 0.2) is 35.6 Å². The number of amidine groups is 1. The fourth-order valence-electron chi connectivity index (χ4n) is 1.38. The highest BCUT2D eigenvalue weighted by Crippen LogP contribution is 2.22. The fraction of sp³-hybridized carbons (Fsp3) is 0.0833. The zero-order chi connectivity index (χ0) is 13.8. The standard InChI is InChI=1S/C12H11FN4OS/c13-9-5-7(11(14)15)1-2-8(9)6-19-12-16-4-3-10(18)17-12/h1-5H,6H2,(H3,14,15)(H,16,17,18). The van der Waals surface area contributed by atoms with E-state index < -0.39 is 5.82 Å². The summed E-state index contributed by atoms with van der Waals surface area (Å²) < 4.78 is 13.8. The Morgan fingerprint density at radius 3 is 2.84 bits per heavy atom. The van der Waals surface area contributed by atoms with E-state index in [0.29, 0.717) is 22.0 Å². The lowest BCUT2D eigenvalue weighted by Gasteiger charge is -2.06. The molecule has 5 nitrogen and oxygen atoms in total. The lowest BCUT2D eigenvalue weighted by Crippen LogP contribution is -2.46. The number of halogens is 1. The third-order valence-corrected chi connectivity index (χ3v) is 3.26. The first kappa shape index (κ1) is 13.3. The van der Waals surface area contributed by atoms with Crippen molar-refractivity contribution in [3.8, 4) is 5.88 Å². The minimum absolute atomic E-state index is 0.0699. The molecule has 98 valence electrons. The molecule has 0 bridgehead atoms. The molecule has 0 aliphatic carbocycles. The maximum atomic E-state index is 13.8. The molecule has 1 aromatic carbocycles. The van der Waals surface area contributed by atoms with Gasteiger partial charge in [0.05, 0.1) is 5.56 Å². The van der Waals surface area contributed by atoms with Crippen LogP contribution < -0.4 is 16.2 Å². The highest BCUT2D eigenvalue weighted by Gasteiger charge is 2.08. The van der Waals surface area contributed by atoms with E-state index in [1.54, 1.807) is 12.1 Å². The number of benzene rings is 1. The monoisotopic (exact) mass is 278 g/mol. The second kappa shape index (κ2) is 5.66. The number of hydrogen-bond donors (Lipinski definition) is 2. The first-order valence-corrected chi connectivity index (χ1v) is 6.34. The number of nitrogens with two attached hydrogens (primary N) is 2. The Morgan fingerprint density at radius 2 is 2.21 bits per heavy atom. The summed E-state index contributed by atoms with van der Waals surface area (Å²) in [5.41, 5.74) is 6.30. The van der Waals surface area contributed by atoms with E-state index in [4.69, 9.17) is 11.1 Å². The lowest BCUT2D eigenvalue weighted by molar-refractivity contribution is -0.275. The fourth-order valence-corrected chi connectivity index (χ4v) is 2.19. The van der Waals surface area contributed by atoms with Crippen molar-refractivity contribution in [3.63, 3.8) is 0 Å². The summed E-state index contributed by atoms with van der Waals surface area (Å²) in [7, 11) is 0. The molecule has 4 N–H and O–H groups in total. The quantitative estimate of drug-likeness (QED) is 0.338. The van der Waals surface area contributed by atoms with Gasteiger partial charge >= 0.3 is 0 Å². The van der Waals surface area contributed by atoms with E-state index >= 15 is 0 Å². The first-order valence-electron chi connectivity index (χ1n) is 5.36. The second-order valence-electron chi connectivity index (χ2n) is 3.73. The predicted octanol–water partition coefficient (Wildman–Crippen LogP) is -0.554. The highest BCUT2D eigenvalue weighted by molar-refractivity contribution is 7.98. The molecule has 0 atom stereocenters. The van der Waals surface area contributed by atoms with Gasteiger partial charge in [-0.3, -0.25) is 11.1 Å². The van der Waals surface area contributed by atoms with Gasteiger partial charge in [-0.1, -0.05) is 17.8 Å². The topological polar surface area (TPSA) is 100 Å². The van der Waals surface area contributed by atoms with Gasteiger partial charge in [0.1, 0.15) is 5.82 Å². The van der Waals surface area contributed by atoms with Crippen molar-refractivity contribution in [3.05, 3.63) is 47.4 Å². The van der Waals surface area contributed by atoms with E-state index in [0.717, 1.165) is 0 Å². The van der Waals surface area contributed by atoms with Crippen molar-refractivity contribution in [2.45, 2.75) is 10.9 Å². The van der Waals surface area contributed by atoms with Crippen molar-refractivity contribution in [1.29, 1.82) is 0 Å². The van der Waals surface area contributed by atoms with Gasteiger partial charge < -0.3 is 5.11 Å². The molecule has 1 heterocycles. The van der Waals surface area contributed by atoms with E-state index in [1.165, 1.54) is 30.1 Å². The Labute approximate surface area is 113 Å². The molecular weight excluding hydrogens is 267 g/mol. The summed E-state index contributed by atoms with van der Waals surface area (Å²) in [6.07, 6.45) is 1.38. The summed E-state index contributed by atoms with van der Waals surface area (Å²) in [5, 5.41) is 16.7. The van der Waals surface area contributed by atoms with Crippen molar-refractivity contribution in [1.82, 2.24) is 9.97 Å². The van der Waals surface area contributed by atoms with E-state index in [9.17, 15) is 9.50 Å². The summed E-state index contributed by atoms with van der Waals surface area (Å²) >= 11 is 1.18. The average molecular weight is 278 g/mol. The average Bonchev–Trinajstić information content (AvgIpc) is 2.37. The van der Waals surface area contributed by atoms with Gasteiger partial charge in [-0.15, -0.1) is 0 Å². The van der Waals surface area contributed by atoms with Crippen LogP contribution in [0.3, 0.4) is 0 Å². The Balaban J connectivity index is 2.10. The molecular formula is C12H11FN4OS. The number of rotatable bonds is 4. The molecule has 7 heteroatoms. The third-order valence-electron chi connectivity index (χ3n) is 2.35. The molecule has 19 heavy (non-hydrogen) atoms. The maximum absolute atomic E-state index is 13.8. The Bertz CT molecular complexity index is 620. The molecule has 0 saturated carbocycles. The van der Waals surface area contributed by atoms with E-state index in [2.05, 4.69) is 9.97 Å². The lowest BCUT2D eigenvalue weighted by atomic mass is 10.1. The van der Waals surface area contributed by atoms with Gasteiger partial charge in [-0.05, 0) is 29.6 Å². The van der Waals surface area contributed by atoms with Crippen molar-refractivity contribution >= 4 is 17.6 Å². The van der Waals surface area contributed by atoms with Crippen molar-refractivity contribution in [2.24, 2.45) is 5.73 Å². The van der Waals surface area contributed by atoms with Crippen LogP contribution in [0.1, 0.15) is 11.1 Å². The van der Waals surface area contributed by atoms with Gasteiger partial charge in [0.25, 0.3) is 5.84 Å². The van der Waals surface area contributed by atoms with Gasteiger partial charge in [0.15, 0.2) is 5.16 Å². The maximum Gasteiger partial charge on any atom is 0.270 e. The van der Waals surface area contributed by atoms with Gasteiger partial charge in [0.2, 0.25) is 0 Å². The minimum Gasteiger partial charge on any atom is -0.859 e. The summed E-state index contributed by atoms with van der Waals surface area (Å²) in [4.78, 5) is 7.61.